The van der Waals surface area contributed by atoms with Crippen LogP contribution in [0.4, 0.5) is 10.2 Å². The van der Waals surface area contributed by atoms with Crippen LogP contribution in [-0.2, 0) is 0 Å². The number of fused-ring (bicyclic) bond motifs is 1. The van der Waals surface area contributed by atoms with E-state index in [0.717, 1.165) is 5.56 Å². The van der Waals surface area contributed by atoms with Crippen molar-refractivity contribution in [3.8, 4) is 28.4 Å². The van der Waals surface area contributed by atoms with Gasteiger partial charge in [-0.25, -0.2) is 18.9 Å². The monoisotopic (exact) mass is 394 g/mol. The number of H-pyrrole nitrogens is 1. The number of ether oxygens (including phenoxy) is 1. The highest BCUT2D eigenvalue weighted by atomic mass is 19.1. The number of aromatic nitrogens is 6. The Morgan fingerprint density at radius 1 is 1.28 bits per heavy atom. The Kier molecular flexibility index (Phi) is 4.13. The third kappa shape index (κ3) is 2.88. The van der Waals surface area contributed by atoms with Gasteiger partial charge < -0.3 is 15.8 Å². The molecule has 9 nitrogen and oxygen atoms in total. The van der Waals surface area contributed by atoms with E-state index in [1.165, 1.54) is 0 Å². The standard InChI is InChI=1S/C19H19FN8O/c1-29-16-4-17-23-9-15(28(17)27-18(16)10-5-24-25-6-10)14-3-2-11(19(21)26-14)12-7-22-8-13(12)20/h2-6,9,12-13,22H,7-8H2,1H3,(H2,21,26)(H,24,25)/t12-,13-/m1/s1. The zero-order valence-corrected chi connectivity index (χ0v) is 15.6. The summed E-state index contributed by atoms with van der Waals surface area (Å²) in [7, 11) is 1.58. The molecule has 5 heterocycles. The van der Waals surface area contributed by atoms with Crippen LogP contribution in [-0.4, -0.2) is 56.2 Å². The van der Waals surface area contributed by atoms with Crippen LogP contribution >= 0.6 is 0 Å². The molecule has 1 aliphatic heterocycles. The van der Waals surface area contributed by atoms with Crippen LogP contribution in [0.25, 0.3) is 28.3 Å². The number of nitrogen functional groups attached to an aromatic ring is 1. The van der Waals surface area contributed by atoms with Crippen LogP contribution in [0.1, 0.15) is 11.5 Å². The second-order valence-electron chi connectivity index (χ2n) is 6.91. The molecule has 4 aromatic heterocycles. The molecule has 10 heteroatoms. The normalized spacial score (nSPS) is 19.1. The molecule has 0 spiro atoms. The van der Waals surface area contributed by atoms with Gasteiger partial charge in [0.15, 0.2) is 11.4 Å². The fourth-order valence-corrected chi connectivity index (χ4v) is 3.70. The Balaban J connectivity index is 1.60. The summed E-state index contributed by atoms with van der Waals surface area (Å²) < 4.78 is 21.2. The quantitative estimate of drug-likeness (QED) is 0.483. The first kappa shape index (κ1) is 17.6. The molecule has 4 N–H and O–H groups in total. The largest absolute Gasteiger partial charge is 0.494 e. The second-order valence-corrected chi connectivity index (χ2v) is 6.91. The summed E-state index contributed by atoms with van der Waals surface area (Å²) >= 11 is 0. The van der Waals surface area contributed by atoms with Crippen LogP contribution in [0.3, 0.4) is 0 Å². The molecule has 29 heavy (non-hydrogen) atoms. The molecule has 0 saturated carbocycles. The number of aromatic amines is 1. The van der Waals surface area contributed by atoms with Crippen molar-refractivity contribution in [1.82, 2.24) is 35.1 Å². The molecule has 0 aliphatic carbocycles. The maximum absolute atomic E-state index is 14.1. The number of nitrogens with one attached hydrogen (secondary N) is 2. The van der Waals surface area contributed by atoms with E-state index >= 15 is 0 Å². The number of alkyl halides is 1. The first-order valence-corrected chi connectivity index (χ1v) is 9.19. The first-order chi connectivity index (χ1) is 14.2. The summed E-state index contributed by atoms with van der Waals surface area (Å²) in [6.45, 7) is 0.888. The van der Waals surface area contributed by atoms with Crippen molar-refractivity contribution >= 4 is 11.5 Å². The molecule has 1 saturated heterocycles. The fourth-order valence-electron chi connectivity index (χ4n) is 3.70. The van der Waals surface area contributed by atoms with Gasteiger partial charge in [-0.05, 0) is 6.07 Å². The highest BCUT2D eigenvalue weighted by Gasteiger charge is 2.30. The third-order valence-corrected chi connectivity index (χ3v) is 5.21. The number of hydrogen-bond acceptors (Lipinski definition) is 7. The molecule has 0 amide bonds. The minimum absolute atomic E-state index is 0.284. The van der Waals surface area contributed by atoms with Gasteiger partial charge in [0.2, 0.25) is 0 Å². The Morgan fingerprint density at radius 3 is 2.86 bits per heavy atom. The van der Waals surface area contributed by atoms with Gasteiger partial charge in [0.25, 0.3) is 0 Å². The average Bonchev–Trinajstić information content (AvgIpc) is 3.47. The van der Waals surface area contributed by atoms with Crippen LogP contribution in [0.2, 0.25) is 0 Å². The van der Waals surface area contributed by atoms with Crippen molar-refractivity contribution < 1.29 is 9.13 Å². The highest BCUT2D eigenvalue weighted by molar-refractivity contribution is 5.70. The van der Waals surface area contributed by atoms with Gasteiger partial charge in [-0.2, -0.15) is 10.2 Å². The van der Waals surface area contributed by atoms with Gasteiger partial charge in [-0.15, -0.1) is 0 Å². The smallest absolute Gasteiger partial charge is 0.157 e. The van der Waals surface area contributed by atoms with Gasteiger partial charge in [0.05, 0.1) is 25.2 Å². The van der Waals surface area contributed by atoms with E-state index in [-0.39, 0.29) is 5.92 Å². The van der Waals surface area contributed by atoms with Gasteiger partial charge in [0.1, 0.15) is 23.4 Å². The van der Waals surface area contributed by atoms with Crippen molar-refractivity contribution in [2.45, 2.75) is 12.1 Å². The van der Waals surface area contributed by atoms with Gasteiger partial charge in [0, 0.05) is 42.4 Å². The van der Waals surface area contributed by atoms with E-state index in [1.54, 1.807) is 36.3 Å². The van der Waals surface area contributed by atoms with E-state index in [2.05, 4.69) is 30.6 Å². The van der Waals surface area contributed by atoms with Crippen molar-refractivity contribution in [3.05, 3.63) is 42.4 Å². The molecule has 0 aromatic carbocycles. The van der Waals surface area contributed by atoms with Crippen molar-refractivity contribution in [1.29, 1.82) is 0 Å². The number of halogens is 1. The van der Waals surface area contributed by atoms with Crippen LogP contribution in [0.5, 0.6) is 5.75 Å². The second kappa shape index (κ2) is 6.82. The van der Waals surface area contributed by atoms with Crippen LogP contribution in [0.15, 0.2) is 36.8 Å². The number of imidazole rings is 1. The Morgan fingerprint density at radius 2 is 2.17 bits per heavy atom. The van der Waals surface area contributed by atoms with E-state index in [9.17, 15) is 4.39 Å². The zero-order valence-electron chi connectivity index (χ0n) is 15.6. The zero-order chi connectivity index (χ0) is 20.0. The molecule has 0 radical (unpaired) electrons. The Hall–Kier alpha value is -3.53. The van der Waals surface area contributed by atoms with Crippen molar-refractivity contribution in [2.75, 3.05) is 25.9 Å². The molecular formula is C19H19FN8O. The number of nitrogens with zero attached hydrogens (tertiary/aromatic N) is 5. The number of rotatable bonds is 4. The minimum atomic E-state index is -0.965. The number of hydrogen-bond donors (Lipinski definition) is 3. The molecule has 5 rings (SSSR count). The Bertz CT molecular complexity index is 1170. The molecule has 0 unspecified atom stereocenters. The van der Waals surface area contributed by atoms with Crippen LogP contribution in [0, 0.1) is 0 Å². The maximum atomic E-state index is 14.1. The number of methoxy groups -OCH3 is 1. The van der Waals surface area contributed by atoms with E-state index in [4.69, 9.17) is 10.5 Å². The van der Waals surface area contributed by atoms with Gasteiger partial charge in [-0.3, -0.25) is 5.10 Å². The van der Waals surface area contributed by atoms with Crippen molar-refractivity contribution in [3.63, 3.8) is 0 Å². The lowest BCUT2D eigenvalue weighted by molar-refractivity contribution is 0.332. The molecule has 2 atom stereocenters. The topological polar surface area (TPSA) is 119 Å². The molecular weight excluding hydrogens is 375 g/mol. The molecule has 148 valence electrons. The summed E-state index contributed by atoms with van der Waals surface area (Å²) in [6.07, 6.45) is 4.12. The van der Waals surface area contributed by atoms with Crippen molar-refractivity contribution in [2.24, 2.45) is 0 Å². The predicted octanol–water partition coefficient (Wildman–Crippen LogP) is 1.80. The number of pyridine rings is 1. The minimum Gasteiger partial charge on any atom is -0.494 e. The summed E-state index contributed by atoms with van der Waals surface area (Å²) in [4.78, 5) is 8.93. The fraction of sp³-hybridized carbons (Fsp3) is 0.263. The lowest BCUT2D eigenvalue weighted by Crippen LogP contribution is -2.14. The maximum Gasteiger partial charge on any atom is 0.157 e. The number of anilines is 1. The lowest BCUT2D eigenvalue weighted by atomic mass is 9.97. The summed E-state index contributed by atoms with van der Waals surface area (Å²) in [6, 6.07) is 5.46. The Labute approximate surface area is 165 Å². The predicted molar refractivity (Wildman–Crippen MR) is 105 cm³/mol. The number of nitrogens with two attached hydrogens (primary N) is 1. The van der Waals surface area contributed by atoms with Gasteiger partial charge >= 0.3 is 0 Å². The summed E-state index contributed by atoms with van der Waals surface area (Å²) in [5.41, 5.74) is 10.2. The SMILES string of the molecule is COc1cc2ncc(-c3ccc([C@H]4CNC[C@H]4F)c(N)n3)n2nc1-c1cn[nH]c1. The average molecular weight is 394 g/mol. The molecule has 4 aromatic rings. The lowest BCUT2D eigenvalue weighted by Gasteiger charge is -2.15. The molecule has 1 fully saturated rings. The summed E-state index contributed by atoms with van der Waals surface area (Å²) in [5, 5.41) is 14.5. The molecule has 1 aliphatic rings. The molecule has 0 bridgehead atoms. The summed E-state index contributed by atoms with van der Waals surface area (Å²) in [5.74, 6) is 0.618. The highest BCUT2D eigenvalue weighted by Crippen LogP contribution is 2.32. The third-order valence-electron chi connectivity index (χ3n) is 5.21. The van der Waals surface area contributed by atoms with Crippen LogP contribution < -0.4 is 15.8 Å². The van der Waals surface area contributed by atoms with E-state index in [1.807, 2.05) is 12.1 Å². The first-order valence-electron chi connectivity index (χ1n) is 9.19. The van der Waals surface area contributed by atoms with E-state index in [0.29, 0.717) is 52.9 Å². The van der Waals surface area contributed by atoms with Gasteiger partial charge in [-0.1, -0.05) is 6.07 Å². The van der Waals surface area contributed by atoms with E-state index < -0.39 is 6.17 Å².